The van der Waals surface area contributed by atoms with E-state index in [4.69, 9.17) is 14.2 Å². The highest BCUT2D eigenvalue weighted by atomic mass is 16.5. The third-order valence-corrected chi connectivity index (χ3v) is 3.60. The molecule has 0 saturated carbocycles. The molecule has 140 valence electrons. The lowest BCUT2D eigenvalue weighted by Gasteiger charge is -2.14. The molecule has 0 aliphatic rings. The van der Waals surface area contributed by atoms with Crippen molar-refractivity contribution >= 4 is 11.6 Å². The van der Waals surface area contributed by atoms with Crippen LogP contribution in [0.3, 0.4) is 0 Å². The van der Waals surface area contributed by atoms with Crippen LogP contribution in [-0.2, 0) is 6.61 Å². The molecule has 27 heavy (non-hydrogen) atoms. The van der Waals surface area contributed by atoms with Crippen LogP contribution in [0.1, 0.15) is 19.4 Å². The second kappa shape index (κ2) is 8.89. The molecule has 0 bridgehead atoms. The zero-order chi connectivity index (χ0) is 19.1. The Bertz CT molecular complexity index is 870. The molecule has 1 heterocycles. The van der Waals surface area contributed by atoms with Gasteiger partial charge in [-0.3, -0.25) is 0 Å². The molecule has 0 fully saturated rings. The van der Waals surface area contributed by atoms with E-state index in [-0.39, 0.29) is 6.10 Å². The number of hydrogen-bond acceptors (Lipinski definition) is 6. The minimum absolute atomic E-state index is 0.0657. The summed E-state index contributed by atoms with van der Waals surface area (Å²) in [6.45, 7) is 4.40. The summed E-state index contributed by atoms with van der Waals surface area (Å²) in [5.41, 5.74) is 1.85. The summed E-state index contributed by atoms with van der Waals surface area (Å²) in [6.07, 6.45) is 1.72. The normalized spacial score (nSPS) is 10.5. The third kappa shape index (κ3) is 5.60. The van der Waals surface area contributed by atoms with Gasteiger partial charge in [0.2, 0.25) is 11.8 Å². The molecule has 0 spiro atoms. The van der Waals surface area contributed by atoms with Gasteiger partial charge in [-0.2, -0.15) is 4.98 Å². The first-order valence-electron chi connectivity index (χ1n) is 8.75. The van der Waals surface area contributed by atoms with Gasteiger partial charge in [0, 0.05) is 36.1 Å². The van der Waals surface area contributed by atoms with Crippen molar-refractivity contribution in [3.8, 4) is 17.4 Å². The van der Waals surface area contributed by atoms with Crippen molar-refractivity contribution in [2.45, 2.75) is 26.6 Å². The van der Waals surface area contributed by atoms with Crippen LogP contribution in [-0.4, -0.2) is 23.2 Å². The Labute approximate surface area is 159 Å². The number of methoxy groups -OCH3 is 1. The fourth-order valence-electron chi connectivity index (χ4n) is 2.45. The quantitative estimate of drug-likeness (QED) is 0.630. The van der Waals surface area contributed by atoms with E-state index in [0.717, 1.165) is 11.3 Å². The molecule has 1 N–H and O–H groups in total. The van der Waals surface area contributed by atoms with Crippen LogP contribution in [0.15, 0.2) is 60.8 Å². The summed E-state index contributed by atoms with van der Waals surface area (Å²) in [6, 6.07) is 17.2. The molecule has 6 heteroatoms. The first-order valence-corrected chi connectivity index (χ1v) is 8.75. The van der Waals surface area contributed by atoms with E-state index in [2.05, 4.69) is 15.3 Å². The maximum Gasteiger partial charge on any atom is 0.230 e. The average molecular weight is 365 g/mol. The fraction of sp³-hybridized carbons (Fsp3) is 0.238. The second-order valence-corrected chi connectivity index (χ2v) is 6.18. The van der Waals surface area contributed by atoms with Gasteiger partial charge in [0.1, 0.15) is 18.1 Å². The van der Waals surface area contributed by atoms with Gasteiger partial charge < -0.3 is 19.5 Å². The minimum Gasteiger partial charge on any atom is -0.497 e. The van der Waals surface area contributed by atoms with Crippen LogP contribution in [0.2, 0.25) is 0 Å². The van der Waals surface area contributed by atoms with E-state index >= 15 is 0 Å². The van der Waals surface area contributed by atoms with Gasteiger partial charge in [-0.05, 0) is 19.4 Å². The monoisotopic (exact) mass is 365 g/mol. The molecular weight excluding hydrogens is 342 g/mol. The molecule has 0 amide bonds. The summed E-state index contributed by atoms with van der Waals surface area (Å²) < 4.78 is 16.9. The number of anilines is 2. The molecule has 1 aromatic heterocycles. The van der Waals surface area contributed by atoms with Crippen molar-refractivity contribution in [1.29, 1.82) is 0 Å². The zero-order valence-electron chi connectivity index (χ0n) is 15.7. The maximum atomic E-state index is 5.76. The van der Waals surface area contributed by atoms with Gasteiger partial charge in [0.15, 0.2) is 0 Å². The van der Waals surface area contributed by atoms with Crippen LogP contribution in [0.5, 0.6) is 17.4 Å². The Morgan fingerprint density at radius 1 is 1.00 bits per heavy atom. The Hall–Kier alpha value is -3.28. The second-order valence-electron chi connectivity index (χ2n) is 6.18. The Kier molecular flexibility index (Phi) is 6.10. The summed E-state index contributed by atoms with van der Waals surface area (Å²) >= 11 is 0. The molecule has 0 aliphatic carbocycles. The van der Waals surface area contributed by atoms with E-state index in [1.165, 1.54) is 0 Å². The summed E-state index contributed by atoms with van der Waals surface area (Å²) in [4.78, 5) is 8.66. The molecule has 3 rings (SSSR count). The molecule has 0 radical (unpaired) electrons. The molecule has 0 saturated heterocycles. The number of ether oxygens (including phenoxy) is 3. The number of hydrogen-bond donors (Lipinski definition) is 1. The largest absolute Gasteiger partial charge is 0.497 e. The van der Waals surface area contributed by atoms with Gasteiger partial charge >= 0.3 is 0 Å². The van der Waals surface area contributed by atoms with Crippen molar-refractivity contribution in [1.82, 2.24) is 9.97 Å². The predicted octanol–water partition coefficient (Wildman–Crippen LogP) is 4.60. The van der Waals surface area contributed by atoms with Crippen LogP contribution >= 0.6 is 0 Å². The lowest BCUT2D eigenvalue weighted by molar-refractivity contribution is 0.241. The van der Waals surface area contributed by atoms with Crippen LogP contribution < -0.4 is 19.5 Å². The lowest BCUT2D eigenvalue weighted by Crippen LogP contribution is -2.06. The van der Waals surface area contributed by atoms with E-state index in [9.17, 15) is 0 Å². The molecule has 0 aliphatic heterocycles. The van der Waals surface area contributed by atoms with Gasteiger partial charge in [0.05, 0.1) is 13.2 Å². The van der Waals surface area contributed by atoms with Gasteiger partial charge in [0.25, 0.3) is 0 Å². The number of benzene rings is 2. The molecule has 3 aromatic rings. The highest BCUT2D eigenvalue weighted by Crippen LogP contribution is 2.28. The Morgan fingerprint density at radius 3 is 2.52 bits per heavy atom. The van der Waals surface area contributed by atoms with Crippen LogP contribution in [0.25, 0.3) is 0 Å². The van der Waals surface area contributed by atoms with Gasteiger partial charge in [-0.25, -0.2) is 4.98 Å². The van der Waals surface area contributed by atoms with E-state index in [1.54, 1.807) is 19.4 Å². The minimum atomic E-state index is 0.0657. The zero-order valence-corrected chi connectivity index (χ0v) is 15.7. The van der Waals surface area contributed by atoms with Crippen LogP contribution in [0, 0.1) is 0 Å². The van der Waals surface area contributed by atoms with Crippen molar-refractivity contribution in [3.63, 3.8) is 0 Å². The molecule has 0 unspecified atom stereocenters. The number of nitrogens with zero attached hydrogens (tertiary/aromatic N) is 2. The van der Waals surface area contributed by atoms with E-state index < -0.39 is 0 Å². The van der Waals surface area contributed by atoms with Crippen molar-refractivity contribution in [2.75, 3.05) is 12.4 Å². The number of nitrogens with one attached hydrogen (secondary N) is 1. The highest BCUT2D eigenvalue weighted by Gasteiger charge is 2.07. The molecule has 2 aromatic carbocycles. The molecular formula is C21H23N3O3. The number of aromatic nitrogens is 2. The average Bonchev–Trinajstić information content (AvgIpc) is 2.67. The Morgan fingerprint density at radius 2 is 1.78 bits per heavy atom. The lowest BCUT2D eigenvalue weighted by atomic mass is 10.2. The topological polar surface area (TPSA) is 65.5 Å². The molecule has 0 atom stereocenters. The fourth-order valence-corrected chi connectivity index (χ4v) is 2.45. The predicted molar refractivity (Wildman–Crippen MR) is 105 cm³/mol. The summed E-state index contributed by atoms with van der Waals surface area (Å²) in [5, 5.41) is 3.17. The third-order valence-electron chi connectivity index (χ3n) is 3.60. The van der Waals surface area contributed by atoms with Crippen LogP contribution in [0.4, 0.5) is 11.6 Å². The SMILES string of the molecule is COc1cc(Nc2nccc(OCc3ccccc3)n2)cc(OC(C)C)c1. The summed E-state index contributed by atoms with van der Waals surface area (Å²) in [7, 11) is 1.62. The van der Waals surface area contributed by atoms with Gasteiger partial charge in [-0.15, -0.1) is 0 Å². The van der Waals surface area contributed by atoms with Crippen molar-refractivity contribution < 1.29 is 14.2 Å². The maximum absolute atomic E-state index is 5.76. The van der Waals surface area contributed by atoms with E-state index in [0.29, 0.717) is 29.9 Å². The standard InChI is InChI=1S/C21H23N3O3/c1-15(2)27-19-12-17(11-18(13-19)25-3)23-21-22-10-9-20(24-21)26-14-16-7-5-4-6-8-16/h4-13,15H,14H2,1-3H3,(H,22,23,24). The smallest absolute Gasteiger partial charge is 0.230 e. The first-order chi connectivity index (χ1) is 13.1. The van der Waals surface area contributed by atoms with Crippen molar-refractivity contribution in [3.05, 3.63) is 66.4 Å². The highest BCUT2D eigenvalue weighted by molar-refractivity contribution is 5.59. The first kappa shape index (κ1) is 18.5. The number of rotatable bonds is 8. The van der Waals surface area contributed by atoms with Crippen molar-refractivity contribution in [2.24, 2.45) is 0 Å². The Balaban J connectivity index is 1.72. The summed E-state index contributed by atoms with van der Waals surface area (Å²) in [5.74, 6) is 2.33. The van der Waals surface area contributed by atoms with Gasteiger partial charge in [-0.1, -0.05) is 30.3 Å². The van der Waals surface area contributed by atoms with E-state index in [1.807, 2.05) is 62.4 Å². The molecule has 6 nitrogen and oxygen atoms in total.